The van der Waals surface area contributed by atoms with Crippen LogP contribution >= 0.6 is 0 Å². The Bertz CT molecular complexity index is 448. The van der Waals surface area contributed by atoms with Gasteiger partial charge in [-0.3, -0.25) is 14.5 Å². The van der Waals surface area contributed by atoms with Crippen molar-refractivity contribution in [3.8, 4) is 0 Å². The zero-order chi connectivity index (χ0) is 18.9. The lowest BCUT2D eigenvalue weighted by Crippen LogP contribution is -2.58. The number of carbonyl (C=O) groups is 2. The van der Waals surface area contributed by atoms with Crippen LogP contribution in [0.1, 0.15) is 26.2 Å². The molecule has 0 radical (unpaired) electrons. The molecule has 2 aliphatic heterocycles. The molecule has 2 rings (SSSR count). The summed E-state index contributed by atoms with van der Waals surface area (Å²) in [7, 11) is 1.65. The smallest absolute Gasteiger partial charge is 0.239 e. The molecular formula is C18H34N4O4. The summed E-state index contributed by atoms with van der Waals surface area (Å²) in [6, 6.07) is -0.633. The van der Waals surface area contributed by atoms with Crippen LogP contribution in [-0.4, -0.2) is 93.4 Å². The lowest BCUT2D eigenvalue weighted by Gasteiger charge is -2.39. The van der Waals surface area contributed by atoms with Crippen LogP contribution in [0, 0.1) is 5.92 Å². The second kappa shape index (κ2) is 10.8. The topological polar surface area (TPSA) is 97.1 Å². The van der Waals surface area contributed by atoms with Gasteiger partial charge in [-0.25, -0.2) is 0 Å². The zero-order valence-electron chi connectivity index (χ0n) is 16.1. The van der Waals surface area contributed by atoms with E-state index in [1.54, 1.807) is 7.11 Å². The van der Waals surface area contributed by atoms with Crippen molar-refractivity contribution in [1.82, 2.24) is 15.1 Å². The van der Waals surface area contributed by atoms with Crippen LogP contribution < -0.4 is 11.1 Å². The Hall–Kier alpha value is -1.22. The highest BCUT2D eigenvalue weighted by Crippen LogP contribution is 2.19. The van der Waals surface area contributed by atoms with Gasteiger partial charge in [0, 0.05) is 59.7 Å². The highest BCUT2D eigenvalue weighted by molar-refractivity contribution is 5.82. The first-order valence-corrected chi connectivity index (χ1v) is 9.67. The minimum Gasteiger partial charge on any atom is -0.385 e. The van der Waals surface area contributed by atoms with Gasteiger partial charge < -0.3 is 25.4 Å². The predicted molar refractivity (Wildman–Crippen MR) is 98.6 cm³/mol. The van der Waals surface area contributed by atoms with Crippen molar-refractivity contribution in [3.63, 3.8) is 0 Å². The van der Waals surface area contributed by atoms with Crippen LogP contribution in [0.2, 0.25) is 0 Å². The number of piperazine rings is 1. The fourth-order valence-electron chi connectivity index (χ4n) is 3.56. The number of methoxy groups -OCH3 is 1. The highest BCUT2D eigenvalue weighted by Gasteiger charge is 2.33. The quantitative estimate of drug-likeness (QED) is 0.555. The van der Waals surface area contributed by atoms with Gasteiger partial charge in [-0.1, -0.05) is 0 Å². The van der Waals surface area contributed by atoms with Gasteiger partial charge in [-0.15, -0.1) is 0 Å². The second-order valence-electron chi connectivity index (χ2n) is 7.15. The molecule has 2 heterocycles. The molecule has 0 aromatic rings. The number of nitrogens with one attached hydrogen (secondary N) is 1. The lowest BCUT2D eigenvalue weighted by molar-refractivity contribution is -0.137. The van der Waals surface area contributed by atoms with Crippen LogP contribution in [0.15, 0.2) is 0 Å². The monoisotopic (exact) mass is 370 g/mol. The molecule has 2 fully saturated rings. The molecule has 3 N–H and O–H groups in total. The van der Waals surface area contributed by atoms with Gasteiger partial charge in [-0.2, -0.15) is 0 Å². The summed E-state index contributed by atoms with van der Waals surface area (Å²) >= 11 is 0. The first-order chi connectivity index (χ1) is 12.5. The van der Waals surface area contributed by atoms with E-state index in [0.717, 1.165) is 19.3 Å². The van der Waals surface area contributed by atoms with Gasteiger partial charge >= 0.3 is 0 Å². The van der Waals surface area contributed by atoms with E-state index in [0.29, 0.717) is 52.5 Å². The minimum atomic E-state index is -0.438. The summed E-state index contributed by atoms with van der Waals surface area (Å²) in [6.45, 7) is 7.19. The van der Waals surface area contributed by atoms with Crippen molar-refractivity contribution < 1.29 is 19.1 Å². The Morgan fingerprint density at radius 2 is 1.88 bits per heavy atom. The Morgan fingerprint density at radius 1 is 1.23 bits per heavy atom. The van der Waals surface area contributed by atoms with Crippen molar-refractivity contribution in [2.24, 2.45) is 11.7 Å². The van der Waals surface area contributed by atoms with E-state index in [1.807, 2.05) is 11.8 Å². The van der Waals surface area contributed by atoms with Crippen LogP contribution in [0.25, 0.3) is 0 Å². The van der Waals surface area contributed by atoms with E-state index < -0.39 is 6.04 Å². The third-order valence-electron chi connectivity index (χ3n) is 5.44. The summed E-state index contributed by atoms with van der Waals surface area (Å²) < 4.78 is 10.3. The number of carbonyl (C=O) groups excluding carboxylic acids is 2. The van der Waals surface area contributed by atoms with Gasteiger partial charge in [0.2, 0.25) is 11.8 Å². The Morgan fingerprint density at radius 3 is 2.50 bits per heavy atom. The maximum atomic E-state index is 12.7. The number of amides is 2. The van der Waals surface area contributed by atoms with E-state index in [2.05, 4.69) is 10.2 Å². The molecule has 2 atom stereocenters. The number of rotatable bonds is 8. The Labute approximate surface area is 156 Å². The largest absolute Gasteiger partial charge is 0.385 e. The molecule has 2 unspecified atom stereocenters. The van der Waals surface area contributed by atoms with Crippen molar-refractivity contribution in [2.75, 3.05) is 59.7 Å². The maximum Gasteiger partial charge on any atom is 0.239 e. The molecule has 8 heteroatoms. The number of ether oxygens (including phenoxy) is 2. The molecule has 8 nitrogen and oxygen atoms in total. The molecule has 26 heavy (non-hydrogen) atoms. The molecule has 0 aliphatic carbocycles. The van der Waals surface area contributed by atoms with Gasteiger partial charge in [0.25, 0.3) is 0 Å². The molecule has 0 saturated carbocycles. The molecule has 150 valence electrons. The van der Waals surface area contributed by atoms with Gasteiger partial charge in [0.1, 0.15) is 0 Å². The molecular weight excluding hydrogens is 336 g/mol. The molecule has 0 bridgehead atoms. The normalized spacial score (nSPS) is 22.0. The summed E-state index contributed by atoms with van der Waals surface area (Å²) in [4.78, 5) is 28.9. The van der Waals surface area contributed by atoms with Crippen molar-refractivity contribution in [3.05, 3.63) is 0 Å². The number of hydrogen-bond donors (Lipinski definition) is 2. The minimum absolute atomic E-state index is 0.0276. The van der Waals surface area contributed by atoms with Crippen LogP contribution in [0.5, 0.6) is 0 Å². The SMILES string of the molecule is COCCCNC(=O)C(C)N1CCN(C(=O)C(N)C2CCOCC2)CC1. The molecule has 2 amide bonds. The fraction of sp³-hybridized carbons (Fsp3) is 0.889. The van der Waals surface area contributed by atoms with Crippen LogP contribution in [0.3, 0.4) is 0 Å². The molecule has 0 spiro atoms. The van der Waals surface area contributed by atoms with Gasteiger partial charge in [0.15, 0.2) is 0 Å². The number of nitrogens with two attached hydrogens (primary N) is 1. The molecule has 0 aromatic heterocycles. The Balaban J connectivity index is 1.73. The average molecular weight is 370 g/mol. The molecule has 0 aromatic carbocycles. The molecule has 2 aliphatic rings. The fourth-order valence-corrected chi connectivity index (χ4v) is 3.56. The number of hydrogen-bond acceptors (Lipinski definition) is 6. The van der Waals surface area contributed by atoms with Gasteiger partial charge in [0.05, 0.1) is 12.1 Å². The summed E-state index contributed by atoms with van der Waals surface area (Å²) in [5.74, 6) is 0.277. The number of nitrogens with zero attached hydrogens (tertiary/aromatic N) is 2. The molecule has 2 saturated heterocycles. The zero-order valence-corrected chi connectivity index (χ0v) is 16.1. The van der Waals surface area contributed by atoms with E-state index in [1.165, 1.54) is 0 Å². The lowest BCUT2D eigenvalue weighted by atomic mass is 9.91. The van der Waals surface area contributed by atoms with E-state index in [-0.39, 0.29) is 23.8 Å². The maximum absolute atomic E-state index is 12.7. The first-order valence-electron chi connectivity index (χ1n) is 9.67. The van der Waals surface area contributed by atoms with Crippen LogP contribution in [-0.2, 0) is 19.1 Å². The highest BCUT2D eigenvalue weighted by atomic mass is 16.5. The summed E-state index contributed by atoms with van der Waals surface area (Å²) in [5, 5.41) is 2.94. The predicted octanol–water partition coefficient (Wildman–Crippen LogP) is -0.574. The van der Waals surface area contributed by atoms with Crippen molar-refractivity contribution in [1.29, 1.82) is 0 Å². The van der Waals surface area contributed by atoms with Crippen molar-refractivity contribution >= 4 is 11.8 Å². The van der Waals surface area contributed by atoms with Gasteiger partial charge in [-0.05, 0) is 32.1 Å². The standard InChI is InChI=1S/C18H34N4O4/c1-14(17(23)20-6-3-11-25-2)21-7-9-22(10-8-21)18(24)16(19)15-4-12-26-13-5-15/h14-16H,3-13,19H2,1-2H3,(H,20,23). The van der Waals surface area contributed by atoms with E-state index in [9.17, 15) is 9.59 Å². The van der Waals surface area contributed by atoms with E-state index in [4.69, 9.17) is 15.2 Å². The van der Waals surface area contributed by atoms with Crippen LogP contribution in [0.4, 0.5) is 0 Å². The van der Waals surface area contributed by atoms with E-state index >= 15 is 0 Å². The van der Waals surface area contributed by atoms with Crippen molar-refractivity contribution in [2.45, 2.75) is 38.3 Å². The third kappa shape index (κ3) is 5.90. The summed E-state index contributed by atoms with van der Waals surface area (Å²) in [6.07, 6.45) is 2.52. The average Bonchev–Trinajstić information content (AvgIpc) is 2.70. The summed E-state index contributed by atoms with van der Waals surface area (Å²) in [5.41, 5.74) is 6.21. The Kier molecular flexibility index (Phi) is 8.77. The first kappa shape index (κ1) is 21.1. The second-order valence-corrected chi connectivity index (χ2v) is 7.15. The third-order valence-corrected chi connectivity index (χ3v) is 5.44.